The van der Waals surface area contributed by atoms with Crippen LogP contribution in [0, 0.1) is 5.92 Å². The van der Waals surface area contributed by atoms with Crippen molar-refractivity contribution in [2.75, 3.05) is 5.73 Å². The lowest BCUT2D eigenvalue weighted by Crippen LogP contribution is -2.17. The average Bonchev–Trinajstić information content (AvgIpc) is 2.15. The van der Waals surface area contributed by atoms with Crippen LogP contribution in [0.15, 0.2) is 18.2 Å². The quantitative estimate of drug-likeness (QED) is 0.662. The highest BCUT2D eigenvalue weighted by Gasteiger charge is 2.15. The van der Waals surface area contributed by atoms with Gasteiger partial charge in [0.1, 0.15) is 0 Å². The molecule has 0 radical (unpaired) electrons. The van der Waals surface area contributed by atoms with Crippen LogP contribution < -0.4 is 5.73 Å². The number of hydrogen-bond donors (Lipinski definition) is 1. The summed E-state index contributed by atoms with van der Waals surface area (Å²) in [6.07, 6.45) is 0.719. The second kappa shape index (κ2) is 5.92. The minimum Gasteiger partial charge on any atom is -0.459 e. The molecule has 0 aliphatic heterocycles. The first-order chi connectivity index (χ1) is 7.90. The Morgan fingerprint density at radius 3 is 2.59 bits per heavy atom. The molecule has 94 valence electrons. The zero-order valence-corrected chi connectivity index (χ0v) is 11.1. The Bertz CT molecular complexity index is 404. The van der Waals surface area contributed by atoms with Gasteiger partial charge in [0.15, 0.2) is 0 Å². The number of esters is 1. The number of ether oxygens (including phenoxy) is 1. The van der Waals surface area contributed by atoms with Crippen LogP contribution in [0.1, 0.15) is 37.6 Å². The van der Waals surface area contributed by atoms with Gasteiger partial charge in [-0.3, -0.25) is 0 Å². The van der Waals surface area contributed by atoms with Gasteiger partial charge >= 0.3 is 5.97 Å². The summed E-state index contributed by atoms with van der Waals surface area (Å²) in [6.45, 7) is 6.05. The molecule has 0 saturated heterocycles. The molecule has 2 N–H and O–H groups in total. The van der Waals surface area contributed by atoms with Gasteiger partial charge in [0.25, 0.3) is 0 Å². The van der Waals surface area contributed by atoms with Gasteiger partial charge in [0.05, 0.1) is 11.7 Å². The molecule has 4 heteroatoms. The van der Waals surface area contributed by atoms with E-state index in [0.29, 0.717) is 22.2 Å². The van der Waals surface area contributed by atoms with Crippen LogP contribution in [-0.4, -0.2) is 12.1 Å². The van der Waals surface area contributed by atoms with Crippen molar-refractivity contribution in [2.24, 2.45) is 5.92 Å². The molecular weight excluding hydrogens is 238 g/mol. The first-order valence-electron chi connectivity index (χ1n) is 5.66. The lowest BCUT2D eigenvalue weighted by Gasteiger charge is -2.15. The fraction of sp³-hybridized carbons (Fsp3) is 0.462. The van der Waals surface area contributed by atoms with Crippen molar-refractivity contribution in [2.45, 2.75) is 33.3 Å². The van der Waals surface area contributed by atoms with Crippen molar-refractivity contribution >= 4 is 23.3 Å². The van der Waals surface area contributed by atoms with Crippen molar-refractivity contribution in [3.05, 3.63) is 28.8 Å². The largest absolute Gasteiger partial charge is 0.459 e. The summed E-state index contributed by atoms with van der Waals surface area (Å²) in [5.41, 5.74) is 6.43. The van der Waals surface area contributed by atoms with Crippen molar-refractivity contribution in [3.63, 3.8) is 0 Å². The molecule has 1 rings (SSSR count). The molecule has 0 fully saturated rings. The highest BCUT2D eigenvalue weighted by Crippen LogP contribution is 2.20. The Hall–Kier alpha value is -1.22. The zero-order valence-electron chi connectivity index (χ0n) is 10.4. The third-order valence-corrected chi connectivity index (χ3v) is 2.58. The summed E-state index contributed by atoms with van der Waals surface area (Å²) in [5.74, 6) is 0.0904. The third-order valence-electron chi connectivity index (χ3n) is 2.35. The molecule has 1 aromatic carbocycles. The van der Waals surface area contributed by atoms with E-state index in [1.54, 1.807) is 18.2 Å². The van der Waals surface area contributed by atoms with E-state index in [2.05, 4.69) is 13.8 Å². The maximum absolute atomic E-state index is 11.8. The normalized spacial score (nSPS) is 12.5. The van der Waals surface area contributed by atoms with Gasteiger partial charge in [-0.25, -0.2) is 4.79 Å². The van der Waals surface area contributed by atoms with E-state index in [4.69, 9.17) is 22.1 Å². The van der Waals surface area contributed by atoms with E-state index < -0.39 is 5.97 Å². The minimum absolute atomic E-state index is 0.113. The van der Waals surface area contributed by atoms with E-state index in [1.165, 1.54) is 0 Å². The Labute approximate surface area is 107 Å². The smallest absolute Gasteiger partial charge is 0.340 e. The van der Waals surface area contributed by atoms with Crippen molar-refractivity contribution in [1.29, 1.82) is 0 Å². The summed E-state index contributed by atoms with van der Waals surface area (Å²) < 4.78 is 5.31. The predicted octanol–water partition coefficient (Wildman–Crippen LogP) is 3.51. The Kier molecular flexibility index (Phi) is 4.82. The van der Waals surface area contributed by atoms with Gasteiger partial charge in [0, 0.05) is 10.7 Å². The highest BCUT2D eigenvalue weighted by molar-refractivity contribution is 6.31. The predicted molar refractivity (Wildman–Crippen MR) is 70.2 cm³/mol. The fourth-order valence-electron chi connectivity index (χ4n) is 1.68. The second-order valence-corrected chi connectivity index (χ2v) is 5.01. The molecule has 0 aliphatic rings. The van der Waals surface area contributed by atoms with Gasteiger partial charge in [-0.1, -0.05) is 25.4 Å². The lowest BCUT2D eigenvalue weighted by molar-refractivity contribution is 0.0301. The first-order valence-corrected chi connectivity index (χ1v) is 6.04. The van der Waals surface area contributed by atoms with Gasteiger partial charge in [-0.05, 0) is 37.5 Å². The SMILES string of the molecule is CC(C)CC(C)OC(=O)c1ccc(Cl)cc1N. The zero-order chi connectivity index (χ0) is 13.0. The Morgan fingerprint density at radius 1 is 1.41 bits per heavy atom. The maximum atomic E-state index is 11.8. The van der Waals surface area contributed by atoms with Crippen molar-refractivity contribution in [3.8, 4) is 0 Å². The molecule has 0 heterocycles. The molecule has 0 bridgehead atoms. The van der Waals surface area contributed by atoms with Crippen LogP contribution in [0.2, 0.25) is 5.02 Å². The van der Waals surface area contributed by atoms with Gasteiger partial charge < -0.3 is 10.5 Å². The standard InChI is InChI=1S/C13H18ClNO2/c1-8(2)6-9(3)17-13(16)11-5-4-10(14)7-12(11)15/h4-5,7-9H,6,15H2,1-3H3. The van der Waals surface area contributed by atoms with E-state index in [1.807, 2.05) is 6.92 Å². The third kappa shape index (κ3) is 4.27. The molecule has 3 nitrogen and oxygen atoms in total. The molecule has 0 aromatic heterocycles. The molecule has 0 amide bonds. The number of hydrogen-bond acceptors (Lipinski definition) is 3. The van der Waals surface area contributed by atoms with Crippen LogP contribution in [0.25, 0.3) is 0 Å². The van der Waals surface area contributed by atoms with Gasteiger partial charge in [-0.2, -0.15) is 0 Å². The molecular formula is C13H18ClNO2. The van der Waals surface area contributed by atoms with Crippen LogP contribution in [-0.2, 0) is 4.74 Å². The Morgan fingerprint density at radius 2 is 2.06 bits per heavy atom. The molecule has 17 heavy (non-hydrogen) atoms. The first kappa shape index (κ1) is 13.8. The molecule has 1 atom stereocenters. The van der Waals surface area contributed by atoms with Crippen LogP contribution in [0.5, 0.6) is 0 Å². The summed E-state index contributed by atoms with van der Waals surface area (Å²) in [7, 11) is 0. The number of carbonyl (C=O) groups excluding carboxylic acids is 1. The summed E-state index contributed by atoms with van der Waals surface area (Å²) in [5, 5.41) is 0.509. The number of nitrogens with two attached hydrogens (primary N) is 1. The van der Waals surface area contributed by atoms with E-state index in [9.17, 15) is 4.79 Å². The molecule has 1 unspecified atom stereocenters. The van der Waals surface area contributed by atoms with Crippen molar-refractivity contribution < 1.29 is 9.53 Å². The monoisotopic (exact) mass is 255 g/mol. The fourth-order valence-corrected chi connectivity index (χ4v) is 1.86. The summed E-state index contributed by atoms with van der Waals surface area (Å²) in [6, 6.07) is 4.76. The van der Waals surface area contributed by atoms with E-state index in [0.717, 1.165) is 6.42 Å². The second-order valence-electron chi connectivity index (χ2n) is 4.58. The van der Waals surface area contributed by atoms with Crippen LogP contribution in [0.4, 0.5) is 5.69 Å². The molecule has 0 saturated carbocycles. The summed E-state index contributed by atoms with van der Waals surface area (Å²) >= 11 is 5.76. The van der Waals surface area contributed by atoms with E-state index >= 15 is 0 Å². The number of carbonyl (C=O) groups is 1. The Balaban J connectivity index is 2.70. The number of nitrogen functional groups attached to an aromatic ring is 1. The molecule has 0 aliphatic carbocycles. The van der Waals surface area contributed by atoms with E-state index in [-0.39, 0.29) is 6.10 Å². The maximum Gasteiger partial charge on any atom is 0.340 e. The van der Waals surface area contributed by atoms with Crippen LogP contribution >= 0.6 is 11.6 Å². The number of benzene rings is 1. The highest BCUT2D eigenvalue weighted by atomic mass is 35.5. The van der Waals surface area contributed by atoms with Gasteiger partial charge in [0.2, 0.25) is 0 Å². The average molecular weight is 256 g/mol. The molecule has 0 spiro atoms. The summed E-state index contributed by atoms with van der Waals surface area (Å²) in [4.78, 5) is 11.8. The topological polar surface area (TPSA) is 52.3 Å². The molecule has 1 aromatic rings. The van der Waals surface area contributed by atoms with Crippen LogP contribution in [0.3, 0.4) is 0 Å². The number of halogens is 1. The van der Waals surface area contributed by atoms with Gasteiger partial charge in [-0.15, -0.1) is 0 Å². The van der Waals surface area contributed by atoms with Crippen molar-refractivity contribution in [1.82, 2.24) is 0 Å². The number of rotatable bonds is 4. The number of anilines is 1. The minimum atomic E-state index is -0.396. The lowest BCUT2D eigenvalue weighted by atomic mass is 10.1.